The molecule has 0 aliphatic heterocycles. The van der Waals surface area contributed by atoms with E-state index in [-0.39, 0.29) is 5.97 Å². The van der Waals surface area contributed by atoms with E-state index in [1.807, 2.05) is 25.0 Å². The summed E-state index contributed by atoms with van der Waals surface area (Å²) in [5.74, 6) is 0.307. The van der Waals surface area contributed by atoms with Crippen molar-refractivity contribution in [1.29, 1.82) is 0 Å². The molecule has 0 saturated heterocycles. The number of carbonyl (C=O) groups is 2. The largest absolute Gasteiger partial charge is 0.427 e. The molecule has 0 amide bonds. The summed E-state index contributed by atoms with van der Waals surface area (Å²) < 4.78 is 4.78. The predicted octanol–water partition coefficient (Wildman–Crippen LogP) is 1.43. The van der Waals surface area contributed by atoms with Gasteiger partial charge in [0.15, 0.2) is 0 Å². The summed E-state index contributed by atoms with van der Waals surface area (Å²) in [7, 11) is 0. The van der Waals surface area contributed by atoms with Crippen molar-refractivity contribution in [3.05, 3.63) is 30.3 Å². The lowest BCUT2D eigenvalue weighted by Crippen LogP contribution is -2.00. The Balaban J connectivity index is 0.000000561. The molecule has 3 nitrogen and oxygen atoms in total. The summed E-state index contributed by atoms with van der Waals surface area (Å²) >= 11 is 0. The Morgan fingerprint density at radius 2 is 1.75 bits per heavy atom. The second-order valence-corrected chi connectivity index (χ2v) is 1.91. The third-order valence-electron chi connectivity index (χ3n) is 1.00. The molecule has 0 spiro atoms. The maximum atomic E-state index is 10.4. The van der Waals surface area contributed by atoms with Gasteiger partial charge in [-0.05, 0) is 12.1 Å². The fourth-order valence-corrected chi connectivity index (χ4v) is 0.655. The third-order valence-corrected chi connectivity index (χ3v) is 1.00. The van der Waals surface area contributed by atoms with Crippen molar-refractivity contribution in [2.45, 2.75) is 6.92 Å². The minimum atomic E-state index is -0.286. The molecule has 0 aromatic heterocycles. The average Bonchev–Trinajstić information content (AvgIpc) is 2.08. The van der Waals surface area contributed by atoms with E-state index in [4.69, 9.17) is 9.53 Å². The quantitative estimate of drug-likeness (QED) is 0.468. The van der Waals surface area contributed by atoms with Gasteiger partial charge in [0, 0.05) is 6.92 Å². The van der Waals surface area contributed by atoms with Crippen LogP contribution in [0.2, 0.25) is 0 Å². The average molecular weight is 166 g/mol. The van der Waals surface area contributed by atoms with E-state index in [2.05, 4.69) is 0 Å². The van der Waals surface area contributed by atoms with Crippen LogP contribution in [0.4, 0.5) is 0 Å². The van der Waals surface area contributed by atoms with Crippen molar-refractivity contribution in [1.82, 2.24) is 0 Å². The summed E-state index contributed by atoms with van der Waals surface area (Å²) in [6.07, 6.45) is 0. The number of hydrogen-bond donors (Lipinski definition) is 0. The Labute approximate surface area is 71.0 Å². The molecule has 1 aromatic carbocycles. The van der Waals surface area contributed by atoms with Gasteiger partial charge >= 0.3 is 5.97 Å². The van der Waals surface area contributed by atoms with Crippen molar-refractivity contribution in [3.8, 4) is 5.75 Å². The number of esters is 1. The van der Waals surface area contributed by atoms with Crippen LogP contribution >= 0.6 is 0 Å². The summed E-state index contributed by atoms with van der Waals surface area (Å²) in [6, 6.07) is 8.98. The van der Waals surface area contributed by atoms with E-state index in [1.54, 1.807) is 12.1 Å². The molecule has 0 unspecified atom stereocenters. The Kier molecular flexibility index (Phi) is 5.26. The van der Waals surface area contributed by atoms with Gasteiger partial charge in [0.25, 0.3) is 0 Å². The third kappa shape index (κ3) is 4.22. The minimum Gasteiger partial charge on any atom is -0.427 e. The molecule has 0 saturated carbocycles. The maximum Gasteiger partial charge on any atom is 0.308 e. The zero-order chi connectivity index (χ0) is 9.40. The zero-order valence-corrected chi connectivity index (χ0v) is 6.82. The molecule has 0 aliphatic rings. The molecule has 1 rings (SSSR count). The fraction of sp³-hybridized carbons (Fsp3) is 0.111. The van der Waals surface area contributed by atoms with Gasteiger partial charge in [-0.3, -0.25) is 4.79 Å². The smallest absolute Gasteiger partial charge is 0.308 e. The molecule has 64 valence electrons. The van der Waals surface area contributed by atoms with Crippen molar-refractivity contribution in [3.63, 3.8) is 0 Å². The van der Waals surface area contributed by atoms with E-state index in [0.717, 1.165) is 0 Å². The molecule has 0 atom stereocenters. The van der Waals surface area contributed by atoms with Gasteiger partial charge in [-0.15, -0.1) is 0 Å². The van der Waals surface area contributed by atoms with Gasteiger partial charge in [-0.2, -0.15) is 0 Å². The molecule has 1 aromatic rings. The van der Waals surface area contributed by atoms with Crippen LogP contribution in [0.15, 0.2) is 30.3 Å². The van der Waals surface area contributed by atoms with Crippen molar-refractivity contribution in [2.75, 3.05) is 0 Å². The number of rotatable bonds is 1. The van der Waals surface area contributed by atoms with Crippen molar-refractivity contribution < 1.29 is 14.3 Å². The first-order valence-electron chi connectivity index (χ1n) is 3.31. The van der Waals surface area contributed by atoms with Gasteiger partial charge in [0.1, 0.15) is 12.5 Å². The van der Waals surface area contributed by atoms with E-state index in [0.29, 0.717) is 5.75 Å². The summed E-state index contributed by atoms with van der Waals surface area (Å²) in [4.78, 5) is 18.4. The highest BCUT2D eigenvalue weighted by Crippen LogP contribution is 2.07. The van der Waals surface area contributed by atoms with Gasteiger partial charge in [-0.25, -0.2) is 0 Å². The molecule has 0 bridgehead atoms. The molecular weight excluding hydrogens is 156 g/mol. The van der Waals surface area contributed by atoms with Crippen LogP contribution in [-0.2, 0) is 9.59 Å². The SMILES string of the molecule is C=O.CC(=O)Oc1ccccc1. The zero-order valence-electron chi connectivity index (χ0n) is 6.82. The second-order valence-electron chi connectivity index (χ2n) is 1.91. The summed E-state index contributed by atoms with van der Waals surface area (Å²) in [5.41, 5.74) is 0. The van der Waals surface area contributed by atoms with E-state index in [1.165, 1.54) is 6.92 Å². The summed E-state index contributed by atoms with van der Waals surface area (Å²) in [6.45, 7) is 3.38. The monoisotopic (exact) mass is 166 g/mol. The fourth-order valence-electron chi connectivity index (χ4n) is 0.655. The number of para-hydroxylation sites is 1. The van der Waals surface area contributed by atoms with Gasteiger partial charge < -0.3 is 9.53 Å². The first-order chi connectivity index (χ1) is 5.79. The number of ether oxygens (including phenoxy) is 1. The Morgan fingerprint density at radius 3 is 2.17 bits per heavy atom. The van der Waals surface area contributed by atoms with Gasteiger partial charge in [0.2, 0.25) is 0 Å². The van der Waals surface area contributed by atoms with Crippen LogP contribution in [0.3, 0.4) is 0 Å². The molecular formula is C9H10O3. The molecule has 0 aliphatic carbocycles. The lowest BCUT2D eigenvalue weighted by atomic mass is 10.3. The normalized spacial score (nSPS) is 7.75. The van der Waals surface area contributed by atoms with Crippen LogP contribution in [0, 0.1) is 0 Å². The summed E-state index contributed by atoms with van der Waals surface area (Å²) in [5, 5.41) is 0. The van der Waals surface area contributed by atoms with Crippen LogP contribution in [0.1, 0.15) is 6.92 Å². The molecule has 0 radical (unpaired) electrons. The standard InChI is InChI=1S/C8H8O2.CH2O/c1-7(9)10-8-5-3-2-4-6-8;1-2/h2-6H,1H3;1H2. The topological polar surface area (TPSA) is 43.4 Å². The Hall–Kier alpha value is -1.64. The molecule has 3 heteroatoms. The van der Waals surface area contributed by atoms with Gasteiger partial charge in [-0.1, -0.05) is 18.2 Å². The molecule has 12 heavy (non-hydrogen) atoms. The van der Waals surface area contributed by atoms with Crippen LogP contribution in [-0.4, -0.2) is 12.8 Å². The molecule has 0 N–H and O–H groups in total. The van der Waals surface area contributed by atoms with Crippen LogP contribution in [0.25, 0.3) is 0 Å². The number of benzene rings is 1. The number of carbonyl (C=O) groups excluding carboxylic acids is 2. The first-order valence-corrected chi connectivity index (χ1v) is 3.31. The van der Waals surface area contributed by atoms with Crippen molar-refractivity contribution >= 4 is 12.8 Å². The highest BCUT2D eigenvalue weighted by atomic mass is 16.5. The highest BCUT2D eigenvalue weighted by Gasteiger charge is 1.92. The Bertz CT molecular complexity index is 231. The van der Waals surface area contributed by atoms with E-state index >= 15 is 0 Å². The van der Waals surface area contributed by atoms with Crippen LogP contribution < -0.4 is 4.74 Å². The van der Waals surface area contributed by atoms with Gasteiger partial charge in [0.05, 0.1) is 0 Å². The predicted molar refractivity (Wildman–Crippen MR) is 44.9 cm³/mol. The first kappa shape index (κ1) is 10.4. The number of hydrogen-bond acceptors (Lipinski definition) is 3. The highest BCUT2D eigenvalue weighted by molar-refractivity contribution is 5.69. The van der Waals surface area contributed by atoms with E-state index < -0.39 is 0 Å². The maximum absolute atomic E-state index is 10.4. The lowest BCUT2D eigenvalue weighted by Gasteiger charge is -1.97. The molecule has 0 fully saturated rings. The van der Waals surface area contributed by atoms with Crippen molar-refractivity contribution in [2.24, 2.45) is 0 Å². The Morgan fingerprint density at radius 1 is 1.25 bits per heavy atom. The minimum absolute atomic E-state index is 0.286. The molecule has 0 heterocycles. The van der Waals surface area contributed by atoms with Crippen LogP contribution in [0.5, 0.6) is 5.75 Å². The second kappa shape index (κ2) is 6.09. The lowest BCUT2D eigenvalue weighted by molar-refractivity contribution is -0.131. The van der Waals surface area contributed by atoms with E-state index in [9.17, 15) is 4.79 Å².